The summed E-state index contributed by atoms with van der Waals surface area (Å²) in [4.78, 5) is 0. The van der Waals surface area contributed by atoms with E-state index < -0.39 is 0 Å². The fourth-order valence-electron chi connectivity index (χ4n) is 2.18. The molecule has 4 aromatic rings. The van der Waals surface area contributed by atoms with E-state index in [1.165, 1.54) is 20.2 Å². The molecule has 0 fully saturated rings. The molecule has 0 amide bonds. The molecule has 0 radical (unpaired) electrons. The molecule has 2 aromatic carbocycles. The fourth-order valence-corrected chi connectivity index (χ4v) is 3.91. The zero-order valence-electron chi connectivity index (χ0n) is 10.00. The molecule has 0 aliphatic heterocycles. The summed E-state index contributed by atoms with van der Waals surface area (Å²) in [6.45, 7) is 0. The molecule has 0 bridgehead atoms. The van der Waals surface area contributed by atoms with Crippen LogP contribution in [0.1, 0.15) is 0 Å². The molecule has 2 heterocycles. The SMILES string of the molecule is c1ccc2c(Oc3csc4ccccc34)csc2c1. The van der Waals surface area contributed by atoms with Gasteiger partial charge in [0.05, 0.1) is 0 Å². The van der Waals surface area contributed by atoms with E-state index >= 15 is 0 Å². The van der Waals surface area contributed by atoms with Crippen molar-refractivity contribution in [1.82, 2.24) is 0 Å². The third-order valence-corrected chi connectivity index (χ3v) is 4.99. The van der Waals surface area contributed by atoms with Gasteiger partial charge in [-0.1, -0.05) is 24.3 Å². The number of ether oxygens (including phenoxy) is 1. The second-order valence-corrected chi connectivity index (χ2v) is 6.12. The molecule has 0 saturated carbocycles. The first-order valence-electron chi connectivity index (χ1n) is 6.02. The van der Waals surface area contributed by atoms with Crippen LogP contribution in [0, 0.1) is 0 Å². The first-order valence-corrected chi connectivity index (χ1v) is 7.78. The average molecular weight is 282 g/mol. The highest BCUT2D eigenvalue weighted by molar-refractivity contribution is 7.18. The lowest BCUT2D eigenvalue weighted by atomic mass is 10.2. The van der Waals surface area contributed by atoms with Crippen LogP contribution in [0.4, 0.5) is 0 Å². The van der Waals surface area contributed by atoms with E-state index in [1.807, 2.05) is 12.1 Å². The third-order valence-electron chi connectivity index (χ3n) is 3.11. The van der Waals surface area contributed by atoms with Crippen LogP contribution in [0.15, 0.2) is 59.3 Å². The molecule has 0 aliphatic carbocycles. The summed E-state index contributed by atoms with van der Waals surface area (Å²) in [5.74, 6) is 1.90. The minimum Gasteiger partial charge on any atom is -0.454 e. The average Bonchev–Trinajstić information content (AvgIpc) is 3.05. The van der Waals surface area contributed by atoms with E-state index in [0.717, 1.165) is 11.5 Å². The Bertz CT molecular complexity index is 785. The molecule has 0 saturated heterocycles. The number of thiophene rings is 2. The highest BCUT2D eigenvalue weighted by atomic mass is 32.1. The van der Waals surface area contributed by atoms with Crippen LogP contribution in [0.3, 0.4) is 0 Å². The van der Waals surface area contributed by atoms with Crippen LogP contribution in [0.5, 0.6) is 11.5 Å². The van der Waals surface area contributed by atoms with E-state index in [1.54, 1.807) is 22.7 Å². The van der Waals surface area contributed by atoms with Crippen LogP contribution in [-0.2, 0) is 0 Å². The van der Waals surface area contributed by atoms with Crippen molar-refractivity contribution in [3.05, 3.63) is 59.3 Å². The van der Waals surface area contributed by atoms with Crippen molar-refractivity contribution in [2.24, 2.45) is 0 Å². The minimum absolute atomic E-state index is 0.948. The molecule has 0 aliphatic rings. The maximum Gasteiger partial charge on any atom is 0.146 e. The van der Waals surface area contributed by atoms with Crippen molar-refractivity contribution >= 4 is 42.8 Å². The van der Waals surface area contributed by atoms with E-state index in [4.69, 9.17) is 4.74 Å². The first-order chi connectivity index (χ1) is 9.42. The Morgan fingerprint density at radius 2 is 1.11 bits per heavy atom. The van der Waals surface area contributed by atoms with Crippen LogP contribution in [0.25, 0.3) is 20.2 Å². The lowest BCUT2D eigenvalue weighted by Gasteiger charge is -2.02. The monoisotopic (exact) mass is 282 g/mol. The first kappa shape index (κ1) is 11.0. The molecule has 0 N–H and O–H groups in total. The Kier molecular flexibility index (Phi) is 2.53. The molecule has 92 valence electrons. The quantitative estimate of drug-likeness (QED) is 0.444. The Morgan fingerprint density at radius 3 is 1.63 bits per heavy atom. The molecule has 0 unspecified atom stereocenters. The van der Waals surface area contributed by atoms with Gasteiger partial charge in [-0.2, -0.15) is 0 Å². The molecule has 0 atom stereocenters. The lowest BCUT2D eigenvalue weighted by Crippen LogP contribution is -1.80. The largest absolute Gasteiger partial charge is 0.454 e. The second-order valence-electron chi connectivity index (χ2n) is 4.29. The highest BCUT2D eigenvalue weighted by Gasteiger charge is 2.09. The van der Waals surface area contributed by atoms with Crippen LogP contribution in [-0.4, -0.2) is 0 Å². The normalized spacial score (nSPS) is 11.2. The van der Waals surface area contributed by atoms with E-state index in [0.29, 0.717) is 0 Å². The van der Waals surface area contributed by atoms with Crippen molar-refractivity contribution in [1.29, 1.82) is 0 Å². The second kappa shape index (κ2) is 4.37. The Morgan fingerprint density at radius 1 is 0.632 bits per heavy atom. The highest BCUT2D eigenvalue weighted by Crippen LogP contribution is 2.39. The molecule has 0 spiro atoms. The van der Waals surface area contributed by atoms with Gasteiger partial charge in [-0.15, -0.1) is 22.7 Å². The zero-order valence-corrected chi connectivity index (χ0v) is 11.6. The van der Waals surface area contributed by atoms with Gasteiger partial charge >= 0.3 is 0 Å². The van der Waals surface area contributed by atoms with Crippen LogP contribution in [0.2, 0.25) is 0 Å². The number of hydrogen-bond donors (Lipinski definition) is 0. The summed E-state index contributed by atoms with van der Waals surface area (Å²) in [5.41, 5.74) is 0. The number of rotatable bonds is 2. The molecule has 2 aromatic heterocycles. The lowest BCUT2D eigenvalue weighted by molar-refractivity contribution is 0.498. The number of hydrogen-bond acceptors (Lipinski definition) is 3. The molecule has 19 heavy (non-hydrogen) atoms. The van der Waals surface area contributed by atoms with Gasteiger partial charge < -0.3 is 4.74 Å². The Balaban J connectivity index is 1.82. The Hall–Kier alpha value is -1.84. The van der Waals surface area contributed by atoms with Crippen molar-refractivity contribution in [3.63, 3.8) is 0 Å². The van der Waals surface area contributed by atoms with Gasteiger partial charge in [0.1, 0.15) is 11.5 Å². The van der Waals surface area contributed by atoms with Crippen molar-refractivity contribution in [2.45, 2.75) is 0 Å². The molecular weight excluding hydrogens is 272 g/mol. The summed E-state index contributed by atoms with van der Waals surface area (Å²) in [7, 11) is 0. The van der Waals surface area contributed by atoms with Gasteiger partial charge in [0.2, 0.25) is 0 Å². The van der Waals surface area contributed by atoms with Crippen molar-refractivity contribution in [3.8, 4) is 11.5 Å². The summed E-state index contributed by atoms with van der Waals surface area (Å²) >= 11 is 3.44. The van der Waals surface area contributed by atoms with Crippen LogP contribution >= 0.6 is 22.7 Å². The number of benzene rings is 2. The van der Waals surface area contributed by atoms with Gasteiger partial charge in [-0.05, 0) is 24.3 Å². The van der Waals surface area contributed by atoms with Gasteiger partial charge in [0.25, 0.3) is 0 Å². The van der Waals surface area contributed by atoms with Gasteiger partial charge in [0, 0.05) is 30.9 Å². The predicted molar refractivity (Wildman–Crippen MR) is 83.7 cm³/mol. The van der Waals surface area contributed by atoms with E-state index in [2.05, 4.69) is 47.2 Å². The molecule has 4 rings (SSSR count). The Labute approximate surface area is 118 Å². The summed E-state index contributed by atoms with van der Waals surface area (Å²) in [6.07, 6.45) is 0. The summed E-state index contributed by atoms with van der Waals surface area (Å²) < 4.78 is 8.63. The standard InChI is InChI=1S/C16H10OS2/c1-3-7-15-11(5-1)13(9-18-15)17-14-10-19-16-8-4-2-6-12(14)16/h1-10H. The third kappa shape index (κ3) is 1.82. The topological polar surface area (TPSA) is 9.23 Å². The molecule has 3 heteroatoms. The van der Waals surface area contributed by atoms with Crippen LogP contribution < -0.4 is 4.74 Å². The number of fused-ring (bicyclic) bond motifs is 2. The molecular formula is C16H10OS2. The minimum atomic E-state index is 0.948. The maximum absolute atomic E-state index is 6.11. The summed E-state index contributed by atoms with van der Waals surface area (Å²) in [5, 5.41) is 6.53. The zero-order chi connectivity index (χ0) is 12.7. The van der Waals surface area contributed by atoms with Gasteiger partial charge in [0.15, 0.2) is 0 Å². The maximum atomic E-state index is 6.11. The van der Waals surface area contributed by atoms with E-state index in [9.17, 15) is 0 Å². The van der Waals surface area contributed by atoms with Crippen molar-refractivity contribution in [2.75, 3.05) is 0 Å². The summed E-state index contributed by atoms with van der Waals surface area (Å²) in [6, 6.07) is 16.7. The van der Waals surface area contributed by atoms with Crippen molar-refractivity contribution < 1.29 is 4.74 Å². The van der Waals surface area contributed by atoms with Gasteiger partial charge in [-0.25, -0.2) is 0 Å². The smallest absolute Gasteiger partial charge is 0.146 e. The van der Waals surface area contributed by atoms with Gasteiger partial charge in [-0.3, -0.25) is 0 Å². The molecule has 1 nitrogen and oxygen atoms in total. The fraction of sp³-hybridized carbons (Fsp3) is 0. The van der Waals surface area contributed by atoms with E-state index in [-0.39, 0.29) is 0 Å². The predicted octanol–water partition coefficient (Wildman–Crippen LogP) is 5.91.